The van der Waals surface area contributed by atoms with Crippen LogP contribution in [0.5, 0.6) is 0 Å². The molecule has 0 bridgehead atoms. The van der Waals surface area contributed by atoms with Gasteiger partial charge in [-0.15, -0.1) is 0 Å². The fraction of sp³-hybridized carbons (Fsp3) is 0.429. The quantitative estimate of drug-likeness (QED) is 0.858. The van der Waals surface area contributed by atoms with Gasteiger partial charge in [0.2, 0.25) is 0 Å². The SMILES string of the molecule is CC[C@@H](NC(=O)C1OCCc2ccccc21)C(=O)O. The van der Waals surface area contributed by atoms with Gasteiger partial charge in [-0.3, -0.25) is 4.79 Å². The smallest absolute Gasteiger partial charge is 0.326 e. The lowest BCUT2D eigenvalue weighted by molar-refractivity contribution is -0.145. The van der Waals surface area contributed by atoms with Crippen molar-refractivity contribution < 1.29 is 19.4 Å². The van der Waals surface area contributed by atoms with Crippen LogP contribution in [0.4, 0.5) is 0 Å². The van der Waals surface area contributed by atoms with Crippen LogP contribution in [0.2, 0.25) is 0 Å². The molecule has 102 valence electrons. The number of rotatable bonds is 4. The van der Waals surface area contributed by atoms with Gasteiger partial charge in [0, 0.05) is 0 Å². The average molecular weight is 263 g/mol. The number of benzene rings is 1. The molecule has 0 radical (unpaired) electrons. The molecule has 0 saturated carbocycles. The molecule has 0 spiro atoms. The summed E-state index contributed by atoms with van der Waals surface area (Å²) in [7, 11) is 0. The fourth-order valence-corrected chi connectivity index (χ4v) is 2.20. The van der Waals surface area contributed by atoms with E-state index in [9.17, 15) is 9.59 Å². The van der Waals surface area contributed by atoms with Crippen LogP contribution >= 0.6 is 0 Å². The third-order valence-corrected chi connectivity index (χ3v) is 3.25. The molecule has 0 fully saturated rings. The van der Waals surface area contributed by atoms with Crippen LogP contribution in [-0.2, 0) is 20.7 Å². The highest BCUT2D eigenvalue weighted by atomic mass is 16.5. The van der Waals surface area contributed by atoms with Gasteiger partial charge >= 0.3 is 5.97 Å². The minimum atomic E-state index is -1.03. The van der Waals surface area contributed by atoms with E-state index in [1.807, 2.05) is 24.3 Å². The molecule has 1 aliphatic heterocycles. The van der Waals surface area contributed by atoms with E-state index >= 15 is 0 Å². The molecule has 5 heteroatoms. The van der Waals surface area contributed by atoms with E-state index in [1.165, 1.54) is 0 Å². The third kappa shape index (κ3) is 2.93. The van der Waals surface area contributed by atoms with E-state index in [0.717, 1.165) is 17.5 Å². The van der Waals surface area contributed by atoms with Gasteiger partial charge in [0.05, 0.1) is 6.61 Å². The van der Waals surface area contributed by atoms with Crippen LogP contribution in [0.1, 0.15) is 30.6 Å². The first-order valence-corrected chi connectivity index (χ1v) is 6.36. The first-order valence-electron chi connectivity index (χ1n) is 6.36. The van der Waals surface area contributed by atoms with Gasteiger partial charge < -0.3 is 15.2 Å². The molecule has 2 rings (SSSR count). The number of ether oxygens (including phenoxy) is 1. The van der Waals surface area contributed by atoms with Crippen molar-refractivity contribution in [3.63, 3.8) is 0 Å². The Labute approximate surface area is 111 Å². The van der Waals surface area contributed by atoms with Crippen molar-refractivity contribution in [2.45, 2.75) is 31.9 Å². The summed E-state index contributed by atoms with van der Waals surface area (Å²) in [6.45, 7) is 2.19. The molecule has 5 nitrogen and oxygen atoms in total. The molecule has 1 aliphatic rings. The number of hydrogen-bond donors (Lipinski definition) is 2. The maximum absolute atomic E-state index is 12.1. The average Bonchev–Trinajstić information content (AvgIpc) is 2.43. The lowest BCUT2D eigenvalue weighted by atomic mass is 9.97. The van der Waals surface area contributed by atoms with Crippen molar-refractivity contribution >= 4 is 11.9 Å². The predicted molar refractivity (Wildman–Crippen MR) is 68.7 cm³/mol. The van der Waals surface area contributed by atoms with Crippen molar-refractivity contribution in [2.24, 2.45) is 0 Å². The molecule has 19 heavy (non-hydrogen) atoms. The molecule has 0 aromatic heterocycles. The number of aliphatic carboxylic acids is 1. The van der Waals surface area contributed by atoms with Gasteiger partial charge in [-0.05, 0) is 24.0 Å². The largest absolute Gasteiger partial charge is 0.480 e. The van der Waals surface area contributed by atoms with E-state index in [2.05, 4.69) is 5.32 Å². The highest BCUT2D eigenvalue weighted by molar-refractivity contribution is 5.87. The number of nitrogens with one attached hydrogen (secondary N) is 1. The van der Waals surface area contributed by atoms with Crippen molar-refractivity contribution in [1.29, 1.82) is 0 Å². The minimum Gasteiger partial charge on any atom is -0.480 e. The molecular weight excluding hydrogens is 246 g/mol. The van der Waals surface area contributed by atoms with Crippen molar-refractivity contribution in [3.8, 4) is 0 Å². The van der Waals surface area contributed by atoms with Gasteiger partial charge in [-0.2, -0.15) is 0 Å². The summed E-state index contributed by atoms with van der Waals surface area (Å²) < 4.78 is 5.49. The topological polar surface area (TPSA) is 75.6 Å². The fourth-order valence-electron chi connectivity index (χ4n) is 2.20. The summed E-state index contributed by atoms with van der Waals surface area (Å²) in [5.74, 6) is -1.42. The lowest BCUT2D eigenvalue weighted by Crippen LogP contribution is -2.44. The highest BCUT2D eigenvalue weighted by Crippen LogP contribution is 2.27. The number of carbonyl (C=O) groups is 2. The maximum atomic E-state index is 12.1. The summed E-state index contributed by atoms with van der Waals surface area (Å²) >= 11 is 0. The summed E-state index contributed by atoms with van der Waals surface area (Å²) in [5.41, 5.74) is 1.91. The number of carboxylic acid groups (broad SMARTS) is 1. The first kappa shape index (κ1) is 13.5. The molecule has 1 unspecified atom stereocenters. The number of amides is 1. The minimum absolute atomic E-state index is 0.343. The monoisotopic (exact) mass is 263 g/mol. The van der Waals surface area contributed by atoms with Gasteiger partial charge in [0.15, 0.2) is 6.10 Å². The van der Waals surface area contributed by atoms with E-state index in [1.54, 1.807) is 6.92 Å². The third-order valence-electron chi connectivity index (χ3n) is 3.25. The van der Waals surface area contributed by atoms with Gasteiger partial charge in [0.25, 0.3) is 5.91 Å². The Bertz CT molecular complexity index is 486. The van der Waals surface area contributed by atoms with Crippen molar-refractivity contribution in [3.05, 3.63) is 35.4 Å². The molecule has 1 heterocycles. The summed E-state index contributed by atoms with van der Waals surface area (Å²) in [6, 6.07) is 6.71. The molecule has 2 N–H and O–H groups in total. The Morgan fingerprint density at radius 2 is 2.21 bits per heavy atom. The van der Waals surface area contributed by atoms with Gasteiger partial charge in [-0.25, -0.2) is 4.79 Å². The molecule has 0 saturated heterocycles. The Morgan fingerprint density at radius 3 is 2.89 bits per heavy atom. The zero-order valence-electron chi connectivity index (χ0n) is 10.8. The predicted octanol–water partition coefficient (Wildman–Crippen LogP) is 1.28. The van der Waals surface area contributed by atoms with Crippen molar-refractivity contribution in [2.75, 3.05) is 6.61 Å². The van der Waals surface area contributed by atoms with Crippen molar-refractivity contribution in [1.82, 2.24) is 5.32 Å². The highest BCUT2D eigenvalue weighted by Gasteiger charge is 2.29. The van der Waals surface area contributed by atoms with Crippen LogP contribution in [0.25, 0.3) is 0 Å². The molecule has 1 amide bonds. The van der Waals surface area contributed by atoms with Gasteiger partial charge in [-0.1, -0.05) is 31.2 Å². The zero-order chi connectivity index (χ0) is 13.8. The standard InChI is InChI=1S/C14H17NO4/c1-2-11(14(17)18)15-13(16)12-10-6-4-3-5-9(10)7-8-19-12/h3-6,11-12H,2,7-8H2,1H3,(H,15,16)(H,17,18)/t11-,12?/m1/s1. The molecular formula is C14H17NO4. The van der Waals surface area contributed by atoms with E-state index < -0.39 is 18.1 Å². The summed E-state index contributed by atoms with van der Waals surface area (Å²) in [4.78, 5) is 23.1. The lowest BCUT2D eigenvalue weighted by Gasteiger charge is -2.26. The normalized spacial score (nSPS) is 19.3. The van der Waals surface area contributed by atoms with Crippen LogP contribution < -0.4 is 5.32 Å². The van der Waals surface area contributed by atoms with Crippen LogP contribution in [0.3, 0.4) is 0 Å². The van der Waals surface area contributed by atoms with E-state index in [0.29, 0.717) is 13.0 Å². The number of hydrogen-bond acceptors (Lipinski definition) is 3. The van der Waals surface area contributed by atoms with E-state index in [-0.39, 0.29) is 5.91 Å². The maximum Gasteiger partial charge on any atom is 0.326 e. The summed E-state index contributed by atoms with van der Waals surface area (Å²) in [5, 5.41) is 11.5. The second kappa shape index (κ2) is 5.84. The molecule has 1 aromatic rings. The van der Waals surface area contributed by atoms with Crippen LogP contribution in [0, 0.1) is 0 Å². The number of fused-ring (bicyclic) bond motifs is 1. The van der Waals surface area contributed by atoms with Gasteiger partial charge in [0.1, 0.15) is 6.04 Å². The molecule has 1 aromatic carbocycles. The Kier molecular flexibility index (Phi) is 4.16. The zero-order valence-corrected chi connectivity index (χ0v) is 10.8. The Hall–Kier alpha value is -1.88. The molecule has 2 atom stereocenters. The number of carbonyl (C=O) groups excluding carboxylic acids is 1. The first-order chi connectivity index (χ1) is 9.13. The Balaban J connectivity index is 2.15. The summed E-state index contributed by atoms with van der Waals surface area (Å²) in [6.07, 6.45) is 0.407. The Morgan fingerprint density at radius 1 is 1.47 bits per heavy atom. The van der Waals surface area contributed by atoms with Crippen LogP contribution in [-0.4, -0.2) is 29.6 Å². The number of carboxylic acids is 1. The molecule has 0 aliphatic carbocycles. The van der Waals surface area contributed by atoms with Crippen LogP contribution in [0.15, 0.2) is 24.3 Å². The second-order valence-corrected chi connectivity index (χ2v) is 4.51. The van der Waals surface area contributed by atoms with E-state index in [4.69, 9.17) is 9.84 Å². The second-order valence-electron chi connectivity index (χ2n) is 4.51.